The first kappa shape index (κ1) is 13.0. The lowest BCUT2D eigenvalue weighted by Crippen LogP contribution is -2.30. The summed E-state index contributed by atoms with van der Waals surface area (Å²) in [7, 11) is 0. The van der Waals surface area contributed by atoms with Crippen molar-refractivity contribution in [2.45, 2.75) is 19.3 Å². The van der Waals surface area contributed by atoms with E-state index in [1.165, 1.54) is 12.6 Å². The van der Waals surface area contributed by atoms with Crippen molar-refractivity contribution in [3.8, 4) is 6.07 Å². The van der Waals surface area contributed by atoms with Crippen LogP contribution in [0.3, 0.4) is 0 Å². The number of piperidine rings is 1. The lowest BCUT2D eigenvalue weighted by molar-refractivity contribution is 0.291. The fourth-order valence-corrected chi connectivity index (χ4v) is 1.87. The highest BCUT2D eigenvalue weighted by Gasteiger charge is 2.16. The van der Waals surface area contributed by atoms with Gasteiger partial charge in [-0.05, 0) is 25.3 Å². The monoisotopic (exact) mass is 230 g/mol. The van der Waals surface area contributed by atoms with Gasteiger partial charge in [-0.3, -0.25) is 0 Å². The molecule has 4 nitrogen and oxygen atoms in total. The number of nitrogens with zero attached hydrogens (tertiary/aromatic N) is 3. The van der Waals surface area contributed by atoms with E-state index in [0.29, 0.717) is 11.1 Å². The summed E-state index contributed by atoms with van der Waals surface area (Å²) >= 11 is 0. The first-order valence-corrected chi connectivity index (χ1v) is 5.68. The van der Waals surface area contributed by atoms with Gasteiger partial charge in [0.1, 0.15) is 0 Å². The third-order valence-corrected chi connectivity index (χ3v) is 2.82. The molecular weight excluding hydrogens is 212 g/mol. The highest BCUT2D eigenvalue weighted by atomic mass is 15.1. The van der Waals surface area contributed by atoms with Crippen molar-refractivity contribution in [1.82, 2.24) is 4.90 Å². The van der Waals surface area contributed by atoms with E-state index in [1.807, 2.05) is 6.07 Å². The third-order valence-electron chi connectivity index (χ3n) is 2.82. The van der Waals surface area contributed by atoms with E-state index in [-0.39, 0.29) is 0 Å². The molecule has 17 heavy (non-hydrogen) atoms. The van der Waals surface area contributed by atoms with E-state index >= 15 is 0 Å². The summed E-state index contributed by atoms with van der Waals surface area (Å²) in [6, 6.07) is 2.02. The summed E-state index contributed by atoms with van der Waals surface area (Å²) in [5.41, 5.74) is 1.92. The van der Waals surface area contributed by atoms with Crippen LogP contribution in [-0.4, -0.2) is 24.2 Å². The minimum absolute atomic E-state index is 0.382. The van der Waals surface area contributed by atoms with Gasteiger partial charge in [-0.2, -0.15) is 10.4 Å². The molecule has 1 aliphatic rings. The SMILES string of the molecule is C=C(C#N)C(=C)/C(=C\C=N/N)N1CCCCC1. The molecule has 0 aromatic carbocycles. The predicted octanol–water partition coefficient (Wildman–Crippen LogP) is 1.94. The first-order valence-electron chi connectivity index (χ1n) is 5.68. The van der Waals surface area contributed by atoms with Gasteiger partial charge in [0, 0.05) is 30.6 Å². The molecule has 0 spiro atoms. The van der Waals surface area contributed by atoms with Crippen LogP contribution < -0.4 is 5.84 Å². The molecule has 0 atom stereocenters. The molecule has 0 aromatic rings. The van der Waals surface area contributed by atoms with E-state index < -0.39 is 0 Å². The summed E-state index contributed by atoms with van der Waals surface area (Å²) < 4.78 is 0. The second-order valence-electron chi connectivity index (χ2n) is 3.97. The van der Waals surface area contributed by atoms with Gasteiger partial charge >= 0.3 is 0 Å². The molecule has 2 N–H and O–H groups in total. The fourth-order valence-electron chi connectivity index (χ4n) is 1.87. The van der Waals surface area contributed by atoms with Crippen LogP contribution in [0.25, 0.3) is 0 Å². The molecule has 0 bridgehead atoms. The third kappa shape index (κ3) is 3.49. The van der Waals surface area contributed by atoms with E-state index in [1.54, 1.807) is 6.08 Å². The maximum atomic E-state index is 8.86. The Morgan fingerprint density at radius 1 is 1.29 bits per heavy atom. The van der Waals surface area contributed by atoms with Gasteiger partial charge in [0.2, 0.25) is 0 Å². The molecule has 90 valence electrons. The fraction of sp³-hybridized carbons (Fsp3) is 0.385. The minimum atomic E-state index is 0.382. The highest BCUT2D eigenvalue weighted by Crippen LogP contribution is 2.23. The summed E-state index contributed by atoms with van der Waals surface area (Å²) in [5, 5.41) is 12.3. The molecule has 0 amide bonds. The average Bonchev–Trinajstić information content (AvgIpc) is 2.39. The molecule has 0 saturated carbocycles. The van der Waals surface area contributed by atoms with Crippen LogP contribution >= 0.6 is 0 Å². The Balaban J connectivity index is 2.91. The van der Waals surface area contributed by atoms with Crippen LogP contribution in [0.2, 0.25) is 0 Å². The van der Waals surface area contributed by atoms with Crippen molar-refractivity contribution in [2.75, 3.05) is 13.1 Å². The molecule has 1 heterocycles. The Morgan fingerprint density at radius 3 is 2.47 bits per heavy atom. The molecule has 0 radical (unpaired) electrons. The molecular formula is C13H18N4. The number of nitrogens with two attached hydrogens (primary N) is 1. The zero-order chi connectivity index (χ0) is 12.7. The van der Waals surface area contributed by atoms with Gasteiger partial charge in [-0.15, -0.1) is 0 Å². The van der Waals surface area contributed by atoms with Crippen LogP contribution in [0.1, 0.15) is 19.3 Å². The van der Waals surface area contributed by atoms with Crippen molar-refractivity contribution in [1.29, 1.82) is 5.26 Å². The van der Waals surface area contributed by atoms with Crippen molar-refractivity contribution in [3.63, 3.8) is 0 Å². The molecule has 0 aromatic heterocycles. The summed E-state index contributed by atoms with van der Waals surface area (Å²) in [6.45, 7) is 9.56. The molecule has 1 rings (SSSR count). The van der Waals surface area contributed by atoms with Gasteiger partial charge in [0.25, 0.3) is 0 Å². The van der Waals surface area contributed by atoms with Crippen LogP contribution in [-0.2, 0) is 0 Å². The molecule has 0 unspecified atom stereocenters. The number of hydrogen-bond acceptors (Lipinski definition) is 4. The number of hydrogen-bond donors (Lipinski definition) is 1. The molecule has 1 aliphatic heterocycles. The predicted molar refractivity (Wildman–Crippen MR) is 70.1 cm³/mol. The smallest absolute Gasteiger partial charge is 0.0992 e. The quantitative estimate of drug-likeness (QED) is 0.264. The Morgan fingerprint density at radius 2 is 1.94 bits per heavy atom. The van der Waals surface area contributed by atoms with Crippen molar-refractivity contribution in [3.05, 3.63) is 36.1 Å². The second-order valence-corrected chi connectivity index (χ2v) is 3.97. The molecule has 0 aliphatic carbocycles. The summed E-state index contributed by atoms with van der Waals surface area (Å²) in [5.74, 6) is 5.10. The van der Waals surface area contributed by atoms with E-state index in [2.05, 4.69) is 23.2 Å². The molecule has 1 saturated heterocycles. The van der Waals surface area contributed by atoms with E-state index in [4.69, 9.17) is 11.1 Å². The first-order chi connectivity index (χ1) is 8.20. The lowest BCUT2D eigenvalue weighted by atomic mass is 10.0. The number of likely N-dealkylation sites (tertiary alicyclic amines) is 1. The van der Waals surface area contributed by atoms with Gasteiger partial charge in [0.05, 0.1) is 11.6 Å². The number of hydrazone groups is 1. The Kier molecular flexibility index (Phi) is 5.02. The van der Waals surface area contributed by atoms with Crippen molar-refractivity contribution >= 4 is 6.21 Å². The van der Waals surface area contributed by atoms with Crippen molar-refractivity contribution < 1.29 is 0 Å². The van der Waals surface area contributed by atoms with Crippen LogP contribution in [0.4, 0.5) is 0 Å². The van der Waals surface area contributed by atoms with Crippen LogP contribution in [0, 0.1) is 11.3 Å². The largest absolute Gasteiger partial charge is 0.371 e. The molecule has 4 heteroatoms. The standard InChI is InChI=1S/C13H18N4/c1-11(10-14)12(2)13(6-7-16-15)17-8-4-3-5-9-17/h6-7H,1-5,8-9,15H2/b13-6+,16-7-. The Labute approximate surface area is 102 Å². The maximum absolute atomic E-state index is 8.86. The normalized spacial score (nSPS) is 16.9. The average molecular weight is 230 g/mol. The number of nitriles is 1. The topological polar surface area (TPSA) is 65.4 Å². The minimum Gasteiger partial charge on any atom is -0.371 e. The van der Waals surface area contributed by atoms with E-state index in [0.717, 1.165) is 31.6 Å². The van der Waals surface area contributed by atoms with Gasteiger partial charge in [-0.1, -0.05) is 13.2 Å². The second kappa shape index (κ2) is 6.54. The zero-order valence-electron chi connectivity index (χ0n) is 10.0. The zero-order valence-corrected chi connectivity index (χ0v) is 10.0. The number of rotatable bonds is 4. The van der Waals surface area contributed by atoms with Crippen LogP contribution in [0.5, 0.6) is 0 Å². The summed E-state index contributed by atoms with van der Waals surface area (Å²) in [4.78, 5) is 2.20. The Bertz CT molecular complexity index is 392. The van der Waals surface area contributed by atoms with Gasteiger partial charge in [-0.25, -0.2) is 0 Å². The summed E-state index contributed by atoms with van der Waals surface area (Å²) in [6.07, 6.45) is 6.86. The Hall–Kier alpha value is -2.02. The van der Waals surface area contributed by atoms with Gasteiger partial charge < -0.3 is 10.7 Å². The van der Waals surface area contributed by atoms with E-state index in [9.17, 15) is 0 Å². The van der Waals surface area contributed by atoms with Crippen LogP contribution in [0.15, 0.2) is 41.2 Å². The van der Waals surface area contributed by atoms with Gasteiger partial charge in [0.15, 0.2) is 0 Å². The highest BCUT2D eigenvalue weighted by molar-refractivity contribution is 5.74. The maximum Gasteiger partial charge on any atom is 0.0992 e. The molecule has 1 fully saturated rings. The lowest BCUT2D eigenvalue weighted by Gasteiger charge is -2.31. The van der Waals surface area contributed by atoms with Crippen molar-refractivity contribution in [2.24, 2.45) is 10.9 Å². The number of allylic oxidation sites excluding steroid dienone is 2.